The van der Waals surface area contributed by atoms with Crippen molar-refractivity contribution in [1.82, 2.24) is 0 Å². The molecule has 3 aromatic rings. The molecule has 31 heavy (non-hydrogen) atoms. The Morgan fingerprint density at radius 1 is 0.935 bits per heavy atom. The molecule has 1 N–H and O–H groups in total. The molecule has 0 radical (unpaired) electrons. The van der Waals surface area contributed by atoms with Gasteiger partial charge in [-0.05, 0) is 41.4 Å². The number of halogens is 1. The van der Waals surface area contributed by atoms with Crippen LogP contribution >= 0.6 is 11.8 Å². The molecule has 2 heterocycles. The van der Waals surface area contributed by atoms with Gasteiger partial charge < -0.3 is 26.8 Å². The first kappa shape index (κ1) is 21.9. The van der Waals surface area contributed by atoms with Crippen molar-refractivity contribution in [2.24, 2.45) is 0 Å². The fraction of sp³-hybridized carbons (Fsp3) is 0.240. The average molecular weight is 497 g/mol. The molecule has 3 aromatic carbocycles. The summed E-state index contributed by atoms with van der Waals surface area (Å²) < 4.78 is 7.77. The molecule has 0 amide bonds. The maximum atomic E-state index is 11.9. The Morgan fingerprint density at radius 2 is 1.61 bits per heavy atom. The van der Waals surface area contributed by atoms with Gasteiger partial charge in [0.2, 0.25) is 0 Å². The fourth-order valence-corrected chi connectivity index (χ4v) is 5.52. The van der Waals surface area contributed by atoms with E-state index in [9.17, 15) is 5.11 Å². The lowest BCUT2D eigenvalue weighted by molar-refractivity contribution is -0.656. The Kier molecular flexibility index (Phi) is 6.42. The summed E-state index contributed by atoms with van der Waals surface area (Å²) in [7, 11) is 1.69. The summed E-state index contributed by atoms with van der Waals surface area (Å²) >= 11 is 1.81. The molecule has 0 aliphatic carbocycles. The van der Waals surface area contributed by atoms with Crippen LogP contribution in [0.25, 0.3) is 11.1 Å². The van der Waals surface area contributed by atoms with Crippen molar-refractivity contribution in [3.63, 3.8) is 0 Å². The van der Waals surface area contributed by atoms with Gasteiger partial charge in [-0.25, -0.2) is 9.48 Å². The highest BCUT2D eigenvalue weighted by atomic mass is 79.9. The topological polar surface area (TPSA) is 35.7 Å². The van der Waals surface area contributed by atoms with Crippen LogP contribution in [0.15, 0.2) is 78.9 Å². The Labute approximate surface area is 197 Å². The van der Waals surface area contributed by atoms with Gasteiger partial charge in [-0.1, -0.05) is 66.7 Å². The number of thioether (sulfide) groups is 1. The van der Waals surface area contributed by atoms with Gasteiger partial charge in [0.25, 0.3) is 5.72 Å². The molecular weight excluding hydrogens is 472 g/mol. The highest BCUT2D eigenvalue weighted by molar-refractivity contribution is 8.13. The highest BCUT2D eigenvalue weighted by Gasteiger charge is 2.53. The lowest BCUT2D eigenvalue weighted by Crippen LogP contribution is -3.00. The molecule has 5 rings (SSSR count). The molecule has 0 saturated heterocycles. The number of rotatable bonds is 4. The van der Waals surface area contributed by atoms with Gasteiger partial charge in [0.05, 0.1) is 13.7 Å². The molecule has 0 bridgehead atoms. The van der Waals surface area contributed by atoms with E-state index >= 15 is 0 Å². The summed E-state index contributed by atoms with van der Waals surface area (Å²) in [5.74, 6) is 1.88. The molecular formula is C25H25BrN2O2S. The van der Waals surface area contributed by atoms with Crippen LogP contribution in [0.2, 0.25) is 0 Å². The monoisotopic (exact) mass is 496 g/mol. The number of hydrogen-bond donors (Lipinski definition) is 1. The second kappa shape index (κ2) is 9.07. The van der Waals surface area contributed by atoms with Crippen LogP contribution in [0.4, 0.5) is 5.69 Å². The molecule has 2 aliphatic rings. The molecule has 1 unspecified atom stereocenters. The van der Waals surface area contributed by atoms with Crippen LogP contribution < -0.4 is 26.6 Å². The van der Waals surface area contributed by atoms with Crippen molar-refractivity contribution in [3.8, 4) is 16.9 Å². The van der Waals surface area contributed by atoms with Crippen molar-refractivity contribution in [2.45, 2.75) is 12.1 Å². The standard InChI is InChI=1S/C25H25N2O2S.BrH/c1-29-23-11-6-5-10-22(23)26-18-25(28,27-16-7-17-30-24(26)27)21-14-12-20(13-15-21)19-8-3-2-4-9-19;/h2-6,8-15,28H,7,16-18H2,1H3;1H/q+1;/p-1. The molecule has 0 spiro atoms. The van der Waals surface area contributed by atoms with Crippen LogP contribution in [-0.2, 0) is 5.72 Å². The van der Waals surface area contributed by atoms with Crippen molar-refractivity contribution in [3.05, 3.63) is 84.4 Å². The van der Waals surface area contributed by atoms with Crippen molar-refractivity contribution >= 4 is 22.6 Å². The Morgan fingerprint density at radius 3 is 2.35 bits per heavy atom. The van der Waals surface area contributed by atoms with Crippen LogP contribution in [0, 0.1) is 0 Å². The lowest BCUT2D eigenvalue weighted by Gasteiger charge is -2.24. The van der Waals surface area contributed by atoms with Gasteiger partial charge in [-0.2, -0.15) is 0 Å². The number of methoxy groups -OCH3 is 1. The summed E-state index contributed by atoms with van der Waals surface area (Å²) in [4.78, 5) is 2.20. The molecule has 0 fully saturated rings. The highest BCUT2D eigenvalue weighted by Crippen LogP contribution is 2.40. The number of hydrogen-bond acceptors (Lipinski definition) is 4. The minimum atomic E-state index is -1.07. The summed E-state index contributed by atoms with van der Waals surface area (Å²) in [6.45, 7) is 1.31. The van der Waals surface area contributed by atoms with Crippen LogP contribution in [0.3, 0.4) is 0 Å². The van der Waals surface area contributed by atoms with Crippen LogP contribution in [0.5, 0.6) is 5.75 Å². The first-order valence-electron chi connectivity index (χ1n) is 10.3. The van der Waals surface area contributed by atoms with Gasteiger partial charge in [-0.15, -0.1) is 0 Å². The molecule has 2 aliphatic heterocycles. The lowest BCUT2D eigenvalue weighted by atomic mass is 9.98. The van der Waals surface area contributed by atoms with Gasteiger partial charge in [-0.3, -0.25) is 0 Å². The van der Waals surface area contributed by atoms with E-state index < -0.39 is 5.72 Å². The number of ether oxygens (including phenoxy) is 1. The normalized spacial score (nSPS) is 20.3. The Balaban J connectivity index is 0.00000231. The number of para-hydroxylation sites is 2. The predicted molar refractivity (Wildman–Crippen MR) is 123 cm³/mol. The summed E-state index contributed by atoms with van der Waals surface area (Å²) in [6, 6.07) is 26.7. The summed E-state index contributed by atoms with van der Waals surface area (Å²) in [5, 5.41) is 13.0. The van der Waals surface area contributed by atoms with Crippen LogP contribution in [-0.4, -0.2) is 40.8 Å². The number of β-amino-alcohol motifs (C(OH)–C–C–N with tert-alkyl or cyclic N) is 1. The summed E-state index contributed by atoms with van der Waals surface area (Å²) in [6.07, 6.45) is 1.05. The van der Waals surface area contributed by atoms with E-state index in [4.69, 9.17) is 4.74 Å². The number of nitrogens with zero attached hydrogens (tertiary/aromatic N) is 2. The number of benzene rings is 3. The molecule has 4 nitrogen and oxygen atoms in total. The zero-order valence-corrected chi connectivity index (χ0v) is 19.8. The number of amidine groups is 1. The second-order valence-electron chi connectivity index (χ2n) is 7.65. The van der Waals surface area contributed by atoms with Crippen molar-refractivity contribution in [2.75, 3.05) is 30.9 Å². The van der Waals surface area contributed by atoms with E-state index in [2.05, 4.69) is 51.9 Å². The quantitative estimate of drug-likeness (QED) is 0.555. The largest absolute Gasteiger partial charge is 1.00 e. The number of anilines is 1. The molecule has 0 aromatic heterocycles. The zero-order chi connectivity index (χ0) is 20.6. The third-order valence-corrected chi connectivity index (χ3v) is 7.07. The summed E-state index contributed by atoms with van der Waals surface area (Å²) in [5.41, 5.74) is 3.17. The fourth-order valence-electron chi connectivity index (χ4n) is 4.35. The predicted octanol–water partition coefficient (Wildman–Crippen LogP) is 1.54. The van der Waals surface area contributed by atoms with Crippen molar-refractivity contribution < 1.29 is 31.4 Å². The van der Waals surface area contributed by atoms with E-state index in [0.29, 0.717) is 6.54 Å². The molecule has 160 valence electrons. The molecule has 0 saturated carbocycles. The smallest absolute Gasteiger partial charge is 0.316 e. The van der Waals surface area contributed by atoms with E-state index in [-0.39, 0.29) is 17.0 Å². The number of aliphatic hydroxyl groups is 1. The molecule has 6 heteroatoms. The third-order valence-electron chi connectivity index (χ3n) is 5.87. The van der Waals surface area contributed by atoms with E-state index in [1.165, 1.54) is 5.56 Å². The van der Waals surface area contributed by atoms with E-state index in [1.807, 2.05) is 36.4 Å². The Bertz CT molecular complexity index is 1090. The minimum absolute atomic E-state index is 0. The first-order chi connectivity index (χ1) is 14.7. The van der Waals surface area contributed by atoms with Gasteiger partial charge >= 0.3 is 5.17 Å². The van der Waals surface area contributed by atoms with Gasteiger partial charge in [0.15, 0.2) is 18.0 Å². The van der Waals surface area contributed by atoms with Gasteiger partial charge in [0, 0.05) is 11.3 Å². The Hall–Kier alpha value is -2.28. The van der Waals surface area contributed by atoms with Crippen molar-refractivity contribution in [1.29, 1.82) is 0 Å². The molecule has 1 atom stereocenters. The van der Waals surface area contributed by atoms with Crippen LogP contribution in [0.1, 0.15) is 12.0 Å². The average Bonchev–Trinajstić information content (AvgIpc) is 3.13. The van der Waals surface area contributed by atoms with Gasteiger partial charge in [0.1, 0.15) is 0 Å². The van der Waals surface area contributed by atoms with E-state index in [0.717, 1.165) is 46.4 Å². The second-order valence-corrected chi connectivity index (χ2v) is 8.72. The SMILES string of the molecule is COc1ccccc1N1CC(O)(c2ccc(-c3ccccc3)cc2)[N+]2=C1SCCC2.[Br-]. The maximum absolute atomic E-state index is 11.9. The third kappa shape index (κ3) is 3.88. The zero-order valence-electron chi connectivity index (χ0n) is 17.4. The van der Waals surface area contributed by atoms with E-state index in [1.54, 1.807) is 18.9 Å². The maximum Gasteiger partial charge on any atom is 0.316 e. The minimum Gasteiger partial charge on any atom is -1.00 e. The first-order valence-corrected chi connectivity index (χ1v) is 11.3.